The smallest absolute Gasteiger partial charge is 0.222 e. The molecule has 0 aliphatic heterocycles. The minimum atomic E-state index is -0.172. The van der Waals surface area contributed by atoms with Crippen LogP contribution in [0.1, 0.15) is 27.2 Å². The van der Waals surface area contributed by atoms with Gasteiger partial charge in [0.05, 0.1) is 0 Å². The molecule has 4 heteroatoms. The van der Waals surface area contributed by atoms with E-state index in [-0.39, 0.29) is 11.4 Å². The molecule has 0 saturated carbocycles. The molecule has 0 bridgehead atoms. The van der Waals surface area contributed by atoms with Crippen molar-refractivity contribution < 1.29 is 4.79 Å². The molecule has 1 rings (SSSR count). The van der Waals surface area contributed by atoms with Crippen LogP contribution < -0.4 is 16.4 Å². The summed E-state index contributed by atoms with van der Waals surface area (Å²) in [6.07, 6.45) is 0.450. The second-order valence-electron chi connectivity index (χ2n) is 5.10. The van der Waals surface area contributed by atoms with Crippen molar-refractivity contribution in [1.82, 2.24) is 5.32 Å². The highest BCUT2D eigenvalue weighted by Crippen LogP contribution is 2.11. The summed E-state index contributed by atoms with van der Waals surface area (Å²) in [4.78, 5) is 11.5. The predicted molar refractivity (Wildman–Crippen MR) is 71.9 cm³/mol. The van der Waals surface area contributed by atoms with Gasteiger partial charge in [-0.25, -0.2) is 0 Å². The molecule has 1 aromatic rings. The van der Waals surface area contributed by atoms with Crippen LogP contribution in [0, 0.1) is 0 Å². The summed E-state index contributed by atoms with van der Waals surface area (Å²) in [6, 6.07) is 7.49. The Labute approximate surface area is 103 Å². The summed E-state index contributed by atoms with van der Waals surface area (Å²) in [5, 5.41) is 6.07. The van der Waals surface area contributed by atoms with Crippen LogP contribution in [-0.2, 0) is 4.79 Å². The third kappa shape index (κ3) is 5.80. The number of carbonyl (C=O) groups excluding carboxylic acids is 1. The fourth-order valence-electron chi connectivity index (χ4n) is 1.45. The average molecular weight is 235 g/mol. The van der Waals surface area contributed by atoms with Gasteiger partial charge in [0.15, 0.2) is 0 Å². The Hall–Kier alpha value is -1.71. The highest BCUT2D eigenvalue weighted by Gasteiger charge is 2.12. The average Bonchev–Trinajstić information content (AvgIpc) is 2.14. The van der Waals surface area contributed by atoms with E-state index in [0.717, 1.165) is 5.69 Å². The Morgan fingerprint density at radius 3 is 2.65 bits per heavy atom. The standard InChI is InChI=1S/C13H21N3O/c1-13(2,3)16-12(17)7-8-15-11-6-4-5-10(14)9-11/h4-6,9,15H,7-8,14H2,1-3H3,(H,16,17). The molecule has 0 saturated heterocycles. The second-order valence-corrected chi connectivity index (χ2v) is 5.10. The van der Waals surface area contributed by atoms with Crippen LogP contribution >= 0.6 is 0 Å². The van der Waals surface area contributed by atoms with E-state index < -0.39 is 0 Å². The van der Waals surface area contributed by atoms with E-state index in [4.69, 9.17) is 5.73 Å². The van der Waals surface area contributed by atoms with Crippen LogP contribution in [0.2, 0.25) is 0 Å². The molecule has 0 aliphatic carbocycles. The van der Waals surface area contributed by atoms with Crippen LogP contribution in [0.5, 0.6) is 0 Å². The van der Waals surface area contributed by atoms with Crippen LogP contribution in [0.4, 0.5) is 11.4 Å². The lowest BCUT2D eigenvalue weighted by Crippen LogP contribution is -2.41. The van der Waals surface area contributed by atoms with E-state index in [1.165, 1.54) is 0 Å². The summed E-state index contributed by atoms with van der Waals surface area (Å²) in [5.74, 6) is 0.0499. The Morgan fingerprint density at radius 1 is 1.35 bits per heavy atom. The number of carbonyl (C=O) groups is 1. The molecule has 0 fully saturated rings. The Morgan fingerprint density at radius 2 is 2.06 bits per heavy atom. The molecule has 1 amide bonds. The molecule has 0 atom stereocenters. The van der Waals surface area contributed by atoms with Crippen molar-refractivity contribution in [3.8, 4) is 0 Å². The van der Waals surface area contributed by atoms with Crippen molar-refractivity contribution in [2.75, 3.05) is 17.6 Å². The van der Waals surface area contributed by atoms with E-state index in [9.17, 15) is 4.79 Å². The first kappa shape index (κ1) is 13.4. The third-order valence-corrected chi connectivity index (χ3v) is 2.08. The molecule has 4 N–H and O–H groups in total. The van der Waals surface area contributed by atoms with Crippen LogP contribution in [0.3, 0.4) is 0 Å². The van der Waals surface area contributed by atoms with E-state index in [1.54, 1.807) is 0 Å². The monoisotopic (exact) mass is 235 g/mol. The van der Waals surface area contributed by atoms with Crippen molar-refractivity contribution >= 4 is 17.3 Å². The molecule has 1 aromatic carbocycles. The molecule has 0 radical (unpaired) electrons. The fraction of sp³-hybridized carbons (Fsp3) is 0.462. The van der Waals surface area contributed by atoms with Crippen molar-refractivity contribution in [3.05, 3.63) is 24.3 Å². The SMILES string of the molecule is CC(C)(C)NC(=O)CCNc1cccc(N)c1. The van der Waals surface area contributed by atoms with Crippen molar-refractivity contribution in [1.29, 1.82) is 0 Å². The van der Waals surface area contributed by atoms with Gasteiger partial charge in [0.1, 0.15) is 0 Å². The molecule has 0 heterocycles. The van der Waals surface area contributed by atoms with Gasteiger partial charge in [0, 0.05) is 29.9 Å². The van der Waals surface area contributed by atoms with Gasteiger partial charge in [0.25, 0.3) is 0 Å². The molecule has 0 aliphatic rings. The van der Waals surface area contributed by atoms with Gasteiger partial charge in [0.2, 0.25) is 5.91 Å². The number of nitrogens with two attached hydrogens (primary N) is 1. The van der Waals surface area contributed by atoms with Gasteiger partial charge in [-0.3, -0.25) is 4.79 Å². The minimum Gasteiger partial charge on any atom is -0.399 e. The molecule has 94 valence electrons. The van der Waals surface area contributed by atoms with E-state index >= 15 is 0 Å². The molecular weight excluding hydrogens is 214 g/mol. The lowest BCUT2D eigenvalue weighted by atomic mass is 10.1. The Balaban J connectivity index is 2.31. The predicted octanol–water partition coefficient (Wildman–Crippen LogP) is 1.99. The maximum Gasteiger partial charge on any atom is 0.222 e. The molecule has 0 aromatic heterocycles. The van der Waals surface area contributed by atoms with Gasteiger partial charge in [-0.05, 0) is 39.0 Å². The van der Waals surface area contributed by atoms with Crippen LogP contribution in [-0.4, -0.2) is 18.0 Å². The molecule has 0 spiro atoms. The van der Waals surface area contributed by atoms with Crippen LogP contribution in [0.25, 0.3) is 0 Å². The van der Waals surface area contributed by atoms with E-state index in [0.29, 0.717) is 18.7 Å². The lowest BCUT2D eigenvalue weighted by Gasteiger charge is -2.20. The third-order valence-electron chi connectivity index (χ3n) is 2.08. The largest absolute Gasteiger partial charge is 0.399 e. The van der Waals surface area contributed by atoms with Crippen LogP contribution in [0.15, 0.2) is 24.3 Å². The summed E-state index contributed by atoms with van der Waals surface area (Å²) in [5.41, 5.74) is 7.14. The van der Waals surface area contributed by atoms with Gasteiger partial charge in [-0.1, -0.05) is 6.07 Å². The number of nitrogens with one attached hydrogen (secondary N) is 2. The first-order valence-corrected chi connectivity index (χ1v) is 5.77. The van der Waals surface area contributed by atoms with Crippen molar-refractivity contribution in [3.63, 3.8) is 0 Å². The fourth-order valence-corrected chi connectivity index (χ4v) is 1.45. The normalized spacial score (nSPS) is 11.0. The molecular formula is C13H21N3O. The number of rotatable bonds is 4. The number of anilines is 2. The minimum absolute atomic E-state index is 0.0499. The van der Waals surface area contributed by atoms with Crippen molar-refractivity contribution in [2.45, 2.75) is 32.7 Å². The Kier molecular flexibility index (Phi) is 4.37. The van der Waals surface area contributed by atoms with Gasteiger partial charge < -0.3 is 16.4 Å². The second kappa shape index (κ2) is 5.57. The number of amides is 1. The zero-order valence-corrected chi connectivity index (χ0v) is 10.7. The lowest BCUT2D eigenvalue weighted by molar-refractivity contribution is -0.122. The topological polar surface area (TPSA) is 67.2 Å². The summed E-state index contributed by atoms with van der Waals surface area (Å²) in [6.45, 7) is 6.51. The highest BCUT2D eigenvalue weighted by atomic mass is 16.1. The molecule has 17 heavy (non-hydrogen) atoms. The first-order valence-electron chi connectivity index (χ1n) is 5.77. The maximum atomic E-state index is 11.5. The van der Waals surface area contributed by atoms with Gasteiger partial charge in [-0.2, -0.15) is 0 Å². The van der Waals surface area contributed by atoms with E-state index in [1.807, 2.05) is 45.0 Å². The summed E-state index contributed by atoms with van der Waals surface area (Å²) < 4.78 is 0. The number of hydrogen-bond donors (Lipinski definition) is 3. The van der Waals surface area contributed by atoms with Gasteiger partial charge >= 0.3 is 0 Å². The van der Waals surface area contributed by atoms with Gasteiger partial charge in [-0.15, -0.1) is 0 Å². The molecule has 4 nitrogen and oxygen atoms in total. The number of hydrogen-bond acceptors (Lipinski definition) is 3. The Bertz CT molecular complexity index is 382. The maximum absolute atomic E-state index is 11.5. The summed E-state index contributed by atoms with van der Waals surface area (Å²) in [7, 11) is 0. The zero-order valence-electron chi connectivity index (χ0n) is 10.7. The quantitative estimate of drug-likeness (QED) is 0.699. The first-order chi connectivity index (χ1) is 7.87. The summed E-state index contributed by atoms with van der Waals surface area (Å²) >= 11 is 0. The zero-order chi connectivity index (χ0) is 12.9. The molecule has 0 unspecified atom stereocenters. The number of nitrogen functional groups attached to an aromatic ring is 1. The number of benzene rings is 1. The van der Waals surface area contributed by atoms with E-state index in [2.05, 4.69) is 10.6 Å². The highest BCUT2D eigenvalue weighted by molar-refractivity contribution is 5.77. The van der Waals surface area contributed by atoms with Crippen molar-refractivity contribution in [2.24, 2.45) is 0 Å².